The highest BCUT2D eigenvalue weighted by Gasteiger charge is 2.24. The lowest BCUT2D eigenvalue weighted by Gasteiger charge is -2.29. The van der Waals surface area contributed by atoms with Gasteiger partial charge in [-0.05, 0) is 19.8 Å². The van der Waals surface area contributed by atoms with E-state index in [-0.39, 0.29) is 24.9 Å². The standard InChI is InChI=1S/C12H23N3O4/c1-7(2)9(5-11(17)18)14-12(19)15(8(3)4)6-10(13)16/h7-9H,5-6H2,1-4H3,(H2,13,16)(H,14,19)(H,17,18). The summed E-state index contributed by atoms with van der Waals surface area (Å²) >= 11 is 0. The number of nitrogens with one attached hydrogen (secondary N) is 1. The van der Waals surface area contributed by atoms with Gasteiger partial charge in [-0.3, -0.25) is 9.59 Å². The first kappa shape index (κ1) is 17.2. The number of carboxylic acid groups (broad SMARTS) is 1. The summed E-state index contributed by atoms with van der Waals surface area (Å²) < 4.78 is 0. The lowest BCUT2D eigenvalue weighted by atomic mass is 10.0. The molecule has 1 unspecified atom stereocenters. The number of amides is 3. The van der Waals surface area contributed by atoms with Gasteiger partial charge in [0.1, 0.15) is 6.54 Å². The molecule has 0 spiro atoms. The summed E-state index contributed by atoms with van der Waals surface area (Å²) in [5, 5.41) is 11.4. The Morgan fingerprint density at radius 3 is 2.05 bits per heavy atom. The molecule has 0 aliphatic carbocycles. The van der Waals surface area contributed by atoms with Crippen molar-refractivity contribution in [2.24, 2.45) is 11.7 Å². The van der Waals surface area contributed by atoms with E-state index >= 15 is 0 Å². The van der Waals surface area contributed by atoms with Crippen molar-refractivity contribution in [1.82, 2.24) is 10.2 Å². The summed E-state index contributed by atoms with van der Waals surface area (Å²) in [7, 11) is 0. The molecule has 0 heterocycles. The topological polar surface area (TPSA) is 113 Å². The Hall–Kier alpha value is -1.79. The van der Waals surface area contributed by atoms with Crippen molar-refractivity contribution in [1.29, 1.82) is 0 Å². The third kappa shape index (κ3) is 6.64. The number of urea groups is 1. The van der Waals surface area contributed by atoms with E-state index in [0.29, 0.717) is 0 Å². The van der Waals surface area contributed by atoms with Crippen LogP contribution in [0.25, 0.3) is 0 Å². The second kappa shape index (κ2) is 7.60. The van der Waals surface area contributed by atoms with Gasteiger partial charge in [0.05, 0.1) is 6.42 Å². The summed E-state index contributed by atoms with van der Waals surface area (Å²) in [4.78, 5) is 35.0. The summed E-state index contributed by atoms with van der Waals surface area (Å²) in [6, 6.07) is -1.17. The zero-order valence-electron chi connectivity index (χ0n) is 11.8. The van der Waals surface area contributed by atoms with Crippen LogP contribution in [0.3, 0.4) is 0 Å². The lowest BCUT2D eigenvalue weighted by Crippen LogP contribution is -2.52. The van der Waals surface area contributed by atoms with Crippen molar-refractivity contribution in [2.75, 3.05) is 6.54 Å². The fourth-order valence-electron chi connectivity index (χ4n) is 1.54. The fourth-order valence-corrected chi connectivity index (χ4v) is 1.54. The van der Waals surface area contributed by atoms with Crippen LogP contribution in [0.4, 0.5) is 4.79 Å². The molecule has 0 aromatic carbocycles. The Morgan fingerprint density at radius 2 is 1.74 bits per heavy atom. The molecule has 110 valence electrons. The maximum atomic E-state index is 12.0. The third-order valence-electron chi connectivity index (χ3n) is 2.72. The van der Waals surface area contributed by atoms with Crippen LogP contribution in [0.15, 0.2) is 0 Å². The molecule has 3 amide bonds. The summed E-state index contributed by atoms with van der Waals surface area (Å²) in [5.74, 6) is -1.61. The molecular formula is C12H23N3O4. The second-order valence-corrected chi connectivity index (χ2v) is 5.09. The molecule has 0 rings (SSSR count). The van der Waals surface area contributed by atoms with Crippen LogP contribution in [0.2, 0.25) is 0 Å². The van der Waals surface area contributed by atoms with Gasteiger partial charge in [-0.2, -0.15) is 0 Å². The van der Waals surface area contributed by atoms with E-state index in [1.807, 2.05) is 13.8 Å². The van der Waals surface area contributed by atoms with Gasteiger partial charge in [0.15, 0.2) is 0 Å². The Labute approximate surface area is 113 Å². The number of aliphatic carboxylic acids is 1. The first-order valence-electron chi connectivity index (χ1n) is 6.22. The molecule has 0 aliphatic heterocycles. The van der Waals surface area contributed by atoms with Crippen LogP contribution < -0.4 is 11.1 Å². The van der Waals surface area contributed by atoms with E-state index in [2.05, 4.69) is 5.32 Å². The number of carbonyl (C=O) groups is 3. The smallest absolute Gasteiger partial charge is 0.318 e. The molecule has 0 aromatic heterocycles. The maximum absolute atomic E-state index is 12.0. The molecule has 4 N–H and O–H groups in total. The molecule has 19 heavy (non-hydrogen) atoms. The molecule has 1 atom stereocenters. The van der Waals surface area contributed by atoms with Crippen molar-refractivity contribution in [2.45, 2.75) is 46.2 Å². The minimum atomic E-state index is -0.981. The highest BCUT2D eigenvalue weighted by molar-refractivity contribution is 5.83. The van der Waals surface area contributed by atoms with Gasteiger partial charge in [-0.1, -0.05) is 13.8 Å². The van der Waals surface area contributed by atoms with Gasteiger partial charge in [-0.15, -0.1) is 0 Å². The normalized spacial score (nSPS) is 12.3. The van der Waals surface area contributed by atoms with Crippen molar-refractivity contribution in [3.05, 3.63) is 0 Å². The van der Waals surface area contributed by atoms with Crippen molar-refractivity contribution < 1.29 is 19.5 Å². The summed E-state index contributed by atoms with van der Waals surface area (Å²) in [5.41, 5.74) is 5.09. The number of primary amides is 1. The predicted molar refractivity (Wildman–Crippen MR) is 70.4 cm³/mol. The predicted octanol–water partition coefficient (Wildman–Crippen LogP) is 0.391. The molecule has 0 bridgehead atoms. The molecule has 0 saturated carbocycles. The van der Waals surface area contributed by atoms with Crippen LogP contribution >= 0.6 is 0 Å². The van der Waals surface area contributed by atoms with Crippen molar-refractivity contribution >= 4 is 17.9 Å². The van der Waals surface area contributed by atoms with E-state index in [9.17, 15) is 14.4 Å². The van der Waals surface area contributed by atoms with Crippen LogP contribution in [0, 0.1) is 5.92 Å². The zero-order valence-corrected chi connectivity index (χ0v) is 11.8. The quantitative estimate of drug-likeness (QED) is 0.622. The van der Waals surface area contributed by atoms with E-state index in [4.69, 9.17) is 10.8 Å². The Kier molecular flexibility index (Phi) is 6.89. The van der Waals surface area contributed by atoms with E-state index in [0.717, 1.165) is 0 Å². The van der Waals surface area contributed by atoms with Gasteiger partial charge in [-0.25, -0.2) is 4.79 Å². The first-order valence-corrected chi connectivity index (χ1v) is 6.22. The van der Waals surface area contributed by atoms with Gasteiger partial charge in [0.2, 0.25) is 5.91 Å². The monoisotopic (exact) mass is 273 g/mol. The number of nitrogens with zero attached hydrogens (tertiary/aromatic N) is 1. The van der Waals surface area contributed by atoms with Gasteiger partial charge >= 0.3 is 12.0 Å². The van der Waals surface area contributed by atoms with Crippen LogP contribution in [0.1, 0.15) is 34.1 Å². The Bertz CT molecular complexity index is 342. The lowest BCUT2D eigenvalue weighted by molar-refractivity contribution is -0.137. The molecule has 7 nitrogen and oxygen atoms in total. The summed E-state index contributed by atoms with van der Waals surface area (Å²) in [6.07, 6.45) is -0.161. The Balaban J connectivity index is 4.75. The molecule has 0 saturated heterocycles. The number of carboxylic acids is 1. The van der Waals surface area contributed by atoms with E-state index < -0.39 is 23.9 Å². The van der Waals surface area contributed by atoms with E-state index in [1.165, 1.54) is 4.90 Å². The maximum Gasteiger partial charge on any atom is 0.318 e. The molecule has 0 radical (unpaired) electrons. The molecule has 0 aliphatic rings. The van der Waals surface area contributed by atoms with Crippen molar-refractivity contribution in [3.63, 3.8) is 0 Å². The number of hydrogen-bond donors (Lipinski definition) is 3. The molecule has 0 aromatic rings. The minimum Gasteiger partial charge on any atom is -0.481 e. The number of rotatable bonds is 7. The molecular weight excluding hydrogens is 250 g/mol. The van der Waals surface area contributed by atoms with Gasteiger partial charge < -0.3 is 21.1 Å². The minimum absolute atomic E-state index is 0.0253. The SMILES string of the molecule is CC(C)C(CC(=O)O)NC(=O)N(CC(N)=O)C(C)C. The van der Waals surface area contributed by atoms with Crippen LogP contribution in [-0.4, -0.2) is 46.5 Å². The number of nitrogens with two attached hydrogens (primary N) is 1. The fraction of sp³-hybridized carbons (Fsp3) is 0.750. The highest BCUT2D eigenvalue weighted by atomic mass is 16.4. The summed E-state index contributed by atoms with van der Waals surface area (Å²) in [6.45, 7) is 6.96. The van der Waals surface area contributed by atoms with Crippen molar-refractivity contribution in [3.8, 4) is 0 Å². The molecule has 0 fully saturated rings. The average Bonchev–Trinajstić information content (AvgIpc) is 2.23. The van der Waals surface area contributed by atoms with E-state index in [1.54, 1.807) is 13.8 Å². The highest BCUT2D eigenvalue weighted by Crippen LogP contribution is 2.08. The third-order valence-corrected chi connectivity index (χ3v) is 2.72. The second-order valence-electron chi connectivity index (χ2n) is 5.09. The first-order chi connectivity index (χ1) is 8.65. The zero-order chi connectivity index (χ0) is 15.2. The number of hydrogen-bond acceptors (Lipinski definition) is 3. The molecule has 7 heteroatoms. The van der Waals surface area contributed by atoms with Gasteiger partial charge in [0, 0.05) is 12.1 Å². The Morgan fingerprint density at radius 1 is 1.21 bits per heavy atom. The number of carbonyl (C=O) groups excluding carboxylic acids is 2. The van der Waals surface area contributed by atoms with Gasteiger partial charge in [0.25, 0.3) is 0 Å². The average molecular weight is 273 g/mol. The van der Waals surface area contributed by atoms with Crippen LogP contribution in [-0.2, 0) is 9.59 Å². The largest absolute Gasteiger partial charge is 0.481 e. The van der Waals surface area contributed by atoms with Crippen LogP contribution in [0.5, 0.6) is 0 Å².